The van der Waals surface area contributed by atoms with E-state index in [4.69, 9.17) is 4.98 Å². The van der Waals surface area contributed by atoms with Gasteiger partial charge in [-0.1, -0.05) is 75.3 Å². The molecule has 1 rings (SSSR count). The van der Waals surface area contributed by atoms with Gasteiger partial charge in [0, 0.05) is 22.2 Å². The Labute approximate surface area is 138 Å². The van der Waals surface area contributed by atoms with Crippen molar-refractivity contribution < 1.29 is 0 Å². The highest BCUT2D eigenvalue weighted by molar-refractivity contribution is 5.23. The van der Waals surface area contributed by atoms with Crippen LogP contribution >= 0.6 is 0 Å². The van der Waals surface area contributed by atoms with Gasteiger partial charge in [0.15, 0.2) is 0 Å². The molecule has 0 aliphatic heterocycles. The maximum Gasteiger partial charge on any atom is 0.0463 e. The molecule has 0 saturated carbocycles. The van der Waals surface area contributed by atoms with Crippen LogP contribution < -0.4 is 0 Å². The molecule has 0 saturated heterocycles. The lowest BCUT2D eigenvalue weighted by atomic mass is 9.72. The monoisotopic (exact) mass is 303 g/mol. The van der Waals surface area contributed by atoms with Crippen LogP contribution in [0, 0.1) is 10.8 Å². The molecule has 0 N–H and O–H groups in total. The van der Waals surface area contributed by atoms with E-state index < -0.39 is 0 Å². The van der Waals surface area contributed by atoms with Crippen molar-refractivity contribution in [3.8, 4) is 0 Å². The van der Waals surface area contributed by atoms with Gasteiger partial charge in [-0.05, 0) is 35.8 Å². The van der Waals surface area contributed by atoms with Gasteiger partial charge in [-0.25, -0.2) is 0 Å². The molecule has 1 heterocycles. The summed E-state index contributed by atoms with van der Waals surface area (Å²) in [5, 5.41) is 0. The third kappa shape index (κ3) is 5.74. The lowest BCUT2D eigenvalue weighted by molar-refractivity contribution is 0.270. The zero-order valence-electron chi connectivity index (χ0n) is 16.6. The Hall–Kier alpha value is -0.850. The average molecular weight is 304 g/mol. The first-order chi connectivity index (χ1) is 9.62. The molecule has 1 nitrogen and oxygen atoms in total. The predicted octanol–water partition coefficient (Wildman–Crippen LogP) is 6.51. The molecule has 1 aromatic heterocycles. The summed E-state index contributed by atoms with van der Waals surface area (Å²) in [4.78, 5) is 5.08. The smallest absolute Gasteiger partial charge is 0.0463 e. The minimum absolute atomic E-state index is 0.103. The van der Waals surface area contributed by atoms with Gasteiger partial charge in [0.2, 0.25) is 0 Å². The lowest BCUT2D eigenvalue weighted by Gasteiger charge is -2.35. The highest BCUT2D eigenvalue weighted by Crippen LogP contribution is 2.38. The van der Waals surface area contributed by atoms with E-state index in [0.29, 0.717) is 10.8 Å². The van der Waals surface area contributed by atoms with E-state index in [1.807, 2.05) is 0 Å². The van der Waals surface area contributed by atoms with E-state index in [9.17, 15) is 0 Å². The summed E-state index contributed by atoms with van der Waals surface area (Å²) in [6, 6.07) is 6.58. The van der Waals surface area contributed by atoms with Gasteiger partial charge in [-0.15, -0.1) is 0 Å². The zero-order valence-corrected chi connectivity index (χ0v) is 16.6. The summed E-state index contributed by atoms with van der Waals surface area (Å²) in [5.74, 6) is 0. The Balaban J connectivity index is 3.14. The molecule has 0 bridgehead atoms. The van der Waals surface area contributed by atoms with Crippen LogP contribution in [0.25, 0.3) is 0 Å². The summed E-state index contributed by atoms with van der Waals surface area (Å²) in [5.41, 5.74) is 3.27. The molecular formula is C21H37N. The molecule has 0 aromatic carbocycles. The quantitative estimate of drug-likeness (QED) is 0.618. The molecular weight excluding hydrogens is 266 g/mol. The molecule has 0 amide bonds. The lowest BCUT2D eigenvalue weighted by Crippen LogP contribution is -2.29. The van der Waals surface area contributed by atoms with Gasteiger partial charge in [0.05, 0.1) is 0 Å². The first-order valence-corrected chi connectivity index (χ1v) is 8.61. The first-order valence-electron chi connectivity index (χ1n) is 8.61. The predicted molar refractivity (Wildman–Crippen MR) is 98.4 cm³/mol. The molecule has 1 heteroatoms. The van der Waals surface area contributed by atoms with E-state index in [-0.39, 0.29) is 10.8 Å². The van der Waals surface area contributed by atoms with E-state index in [1.165, 1.54) is 11.4 Å². The fourth-order valence-corrected chi connectivity index (χ4v) is 4.02. The third-order valence-corrected chi connectivity index (χ3v) is 4.08. The van der Waals surface area contributed by atoms with Crippen molar-refractivity contribution in [3.63, 3.8) is 0 Å². The largest absolute Gasteiger partial charge is 0.257 e. The molecule has 0 fully saturated rings. The van der Waals surface area contributed by atoms with Crippen molar-refractivity contribution in [1.29, 1.82) is 0 Å². The van der Waals surface area contributed by atoms with E-state index in [1.54, 1.807) is 0 Å². The standard InChI is InChI=1S/C21H37N/c1-18(2,3)14-20(7,8)16-12-11-13-17(22-16)21(9,10)15-19(4,5)6/h11-13H,14-15H2,1-10H3. The molecule has 22 heavy (non-hydrogen) atoms. The highest BCUT2D eigenvalue weighted by atomic mass is 14.8. The summed E-state index contributed by atoms with van der Waals surface area (Å²) in [7, 11) is 0. The van der Waals surface area contributed by atoms with Gasteiger partial charge < -0.3 is 0 Å². The second-order valence-corrected chi connectivity index (χ2v) is 10.7. The molecule has 0 unspecified atom stereocenters. The van der Waals surface area contributed by atoms with Crippen LogP contribution in [0.3, 0.4) is 0 Å². The molecule has 1 aromatic rings. The Morgan fingerprint density at radius 1 is 0.636 bits per heavy atom. The van der Waals surface area contributed by atoms with Crippen LogP contribution in [-0.4, -0.2) is 4.98 Å². The number of hydrogen-bond donors (Lipinski definition) is 0. The van der Waals surface area contributed by atoms with Gasteiger partial charge in [0.1, 0.15) is 0 Å². The molecule has 0 atom stereocenters. The van der Waals surface area contributed by atoms with Gasteiger partial charge in [-0.3, -0.25) is 4.98 Å². The Bertz CT molecular complexity index is 452. The maximum atomic E-state index is 5.08. The van der Waals surface area contributed by atoms with E-state index in [2.05, 4.69) is 87.4 Å². The summed E-state index contributed by atoms with van der Waals surface area (Å²) in [6.07, 6.45) is 2.27. The molecule has 0 radical (unpaired) electrons. The van der Waals surface area contributed by atoms with Crippen molar-refractivity contribution in [3.05, 3.63) is 29.6 Å². The van der Waals surface area contributed by atoms with Crippen molar-refractivity contribution in [2.24, 2.45) is 10.8 Å². The fourth-order valence-electron chi connectivity index (χ4n) is 4.02. The molecule has 0 spiro atoms. The number of rotatable bonds is 4. The van der Waals surface area contributed by atoms with E-state index >= 15 is 0 Å². The number of pyridine rings is 1. The van der Waals surface area contributed by atoms with Crippen molar-refractivity contribution in [2.75, 3.05) is 0 Å². The van der Waals surface area contributed by atoms with Crippen LogP contribution in [0.5, 0.6) is 0 Å². The van der Waals surface area contributed by atoms with Crippen molar-refractivity contribution in [2.45, 2.75) is 92.9 Å². The number of aromatic nitrogens is 1. The van der Waals surface area contributed by atoms with E-state index in [0.717, 1.165) is 12.8 Å². The zero-order chi connectivity index (χ0) is 17.4. The number of hydrogen-bond acceptors (Lipinski definition) is 1. The summed E-state index contributed by atoms with van der Waals surface area (Å²) >= 11 is 0. The summed E-state index contributed by atoms with van der Waals surface area (Å²) < 4.78 is 0. The Morgan fingerprint density at radius 2 is 0.955 bits per heavy atom. The average Bonchev–Trinajstić information content (AvgIpc) is 2.22. The molecule has 0 aliphatic rings. The summed E-state index contributed by atoms with van der Waals surface area (Å²) in [6.45, 7) is 23.1. The SMILES string of the molecule is CC(C)(C)CC(C)(C)c1cccc(C(C)(C)CC(C)(C)C)n1. The van der Waals surface area contributed by atoms with Crippen LogP contribution in [0.4, 0.5) is 0 Å². The van der Waals surface area contributed by atoms with Gasteiger partial charge in [0.25, 0.3) is 0 Å². The van der Waals surface area contributed by atoms with Gasteiger partial charge in [-0.2, -0.15) is 0 Å². The third-order valence-electron chi connectivity index (χ3n) is 4.08. The maximum absolute atomic E-state index is 5.08. The topological polar surface area (TPSA) is 12.9 Å². The fraction of sp³-hybridized carbons (Fsp3) is 0.762. The van der Waals surface area contributed by atoms with Gasteiger partial charge >= 0.3 is 0 Å². The van der Waals surface area contributed by atoms with Crippen molar-refractivity contribution >= 4 is 0 Å². The minimum Gasteiger partial charge on any atom is -0.257 e. The second kappa shape index (κ2) is 5.98. The first kappa shape index (κ1) is 19.2. The minimum atomic E-state index is 0.103. The number of nitrogens with zero attached hydrogens (tertiary/aromatic N) is 1. The second-order valence-electron chi connectivity index (χ2n) is 10.7. The molecule has 0 aliphatic carbocycles. The Morgan fingerprint density at radius 3 is 1.23 bits per heavy atom. The molecule has 126 valence electrons. The Kier molecular flexibility index (Phi) is 5.22. The van der Waals surface area contributed by atoms with Crippen LogP contribution in [0.2, 0.25) is 0 Å². The van der Waals surface area contributed by atoms with Crippen LogP contribution in [0.15, 0.2) is 18.2 Å². The van der Waals surface area contributed by atoms with Crippen molar-refractivity contribution in [1.82, 2.24) is 4.98 Å². The highest BCUT2D eigenvalue weighted by Gasteiger charge is 2.32. The van der Waals surface area contributed by atoms with Crippen LogP contribution in [-0.2, 0) is 10.8 Å². The van der Waals surface area contributed by atoms with Crippen LogP contribution in [0.1, 0.15) is 93.5 Å². The normalized spacial score (nSPS) is 14.3.